The lowest BCUT2D eigenvalue weighted by Crippen LogP contribution is -2.44. The van der Waals surface area contributed by atoms with Gasteiger partial charge in [0.2, 0.25) is 0 Å². The number of nitrogens with zero attached hydrogens (tertiary/aromatic N) is 1. The molecular formula is C14H27NO4. The second-order valence-corrected chi connectivity index (χ2v) is 6.29. The smallest absolute Gasteiger partial charge is 0.410 e. The Morgan fingerprint density at radius 1 is 1.32 bits per heavy atom. The minimum absolute atomic E-state index is 0.0965. The minimum Gasteiger partial charge on any atom is -0.444 e. The van der Waals surface area contributed by atoms with E-state index in [4.69, 9.17) is 4.74 Å². The summed E-state index contributed by atoms with van der Waals surface area (Å²) in [6.45, 7) is 8.78. The summed E-state index contributed by atoms with van der Waals surface area (Å²) in [7, 11) is 0. The van der Waals surface area contributed by atoms with Crippen LogP contribution in [-0.4, -0.2) is 46.2 Å². The van der Waals surface area contributed by atoms with Crippen LogP contribution in [0.5, 0.6) is 0 Å². The maximum atomic E-state index is 11.9. The summed E-state index contributed by atoms with van der Waals surface area (Å²) in [5.74, 6) is 0.171. The maximum absolute atomic E-state index is 11.9. The van der Waals surface area contributed by atoms with Gasteiger partial charge in [-0.3, -0.25) is 0 Å². The van der Waals surface area contributed by atoms with Crippen molar-refractivity contribution < 1.29 is 19.7 Å². The molecule has 1 atom stereocenters. The molecule has 1 rings (SSSR count). The molecule has 0 aromatic rings. The maximum Gasteiger partial charge on any atom is 0.410 e. The Bertz CT molecular complexity index is 290. The van der Waals surface area contributed by atoms with Crippen molar-refractivity contribution >= 4 is 6.09 Å². The lowest BCUT2D eigenvalue weighted by molar-refractivity contribution is -0.107. The highest BCUT2D eigenvalue weighted by Gasteiger charge is 2.32. The Balaban J connectivity index is 2.46. The number of carbonyl (C=O) groups excluding carboxylic acids is 1. The van der Waals surface area contributed by atoms with E-state index in [1.165, 1.54) is 0 Å². The van der Waals surface area contributed by atoms with Gasteiger partial charge >= 0.3 is 6.09 Å². The zero-order chi connectivity index (χ0) is 14.6. The Morgan fingerprint density at radius 2 is 1.84 bits per heavy atom. The molecule has 0 bridgehead atoms. The van der Waals surface area contributed by atoms with Gasteiger partial charge in [0.1, 0.15) is 5.60 Å². The molecule has 0 spiro atoms. The summed E-state index contributed by atoms with van der Waals surface area (Å²) in [6, 6.07) is 0. The third-order valence-corrected chi connectivity index (χ3v) is 3.65. The highest BCUT2D eigenvalue weighted by molar-refractivity contribution is 5.68. The number of hydrogen-bond acceptors (Lipinski definition) is 4. The van der Waals surface area contributed by atoms with Crippen LogP contribution in [0.2, 0.25) is 0 Å². The fourth-order valence-corrected chi connectivity index (χ4v) is 2.62. The number of hydrogen-bond donors (Lipinski definition) is 2. The summed E-state index contributed by atoms with van der Waals surface area (Å²) in [4.78, 5) is 13.6. The van der Waals surface area contributed by atoms with Gasteiger partial charge in [-0.1, -0.05) is 6.92 Å². The molecular weight excluding hydrogens is 246 g/mol. The van der Waals surface area contributed by atoms with Crippen LogP contribution in [0.15, 0.2) is 0 Å². The normalized spacial score (nSPS) is 19.6. The van der Waals surface area contributed by atoms with E-state index < -0.39 is 11.9 Å². The van der Waals surface area contributed by atoms with Crippen molar-refractivity contribution in [3.8, 4) is 0 Å². The molecule has 2 N–H and O–H groups in total. The minimum atomic E-state index is -1.26. The van der Waals surface area contributed by atoms with Crippen LogP contribution < -0.4 is 0 Å². The third kappa shape index (κ3) is 4.99. The zero-order valence-corrected chi connectivity index (χ0v) is 12.4. The number of ether oxygens (including phenoxy) is 1. The Morgan fingerprint density at radius 3 is 2.21 bits per heavy atom. The largest absolute Gasteiger partial charge is 0.444 e. The van der Waals surface area contributed by atoms with Crippen LogP contribution in [0.3, 0.4) is 0 Å². The highest BCUT2D eigenvalue weighted by Crippen LogP contribution is 2.29. The average Bonchev–Trinajstić information content (AvgIpc) is 2.28. The quantitative estimate of drug-likeness (QED) is 0.771. The van der Waals surface area contributed by atoms with Gasteiger partial charge in [-0.15, -0.1) is 0 Å². The van der Waals surface area contributed by atoms with Crippen LogP contribution >= 0.6 is 0 Å². The number of piperidine rings is 1. The standard InChI is InChI=1S/C14H27NO4/c1-5-11(12(16)17)10-6-8-15(9-7-10)13(18)19-14(2,3)4/h10-12,16-17H,5-9H2,1-4H3. The van der Waals surface area contributed by atoms with Crippen LogP contribution in [0.1, 0.15) is 47.0 Å². The molecule has 5 nitrogen and oxygen atoms in total. The molecule has 1 aliphatic heterocycles. The molecule has 5 heteroatoms. The van der Waals surface area contributed by atoms with Crippen molar-refractivity contribution in [3.63, 3.8) is 0 Å². The monoisotopic (exact) mass is 273 g/mol. The fraction of sp³-hybridized carbons (Fsp3) is 0.929. The second kappa shape index (κ2) is 6.57. The lowest BCUT2D eigenvalue weighted by atomic mass is 9.82. The van der Waals surface area contributed by atoms with Gasteiger partial charge in [0, 0.05) is 19.0 Å². The predicted molar refractivity (Wildman–Crippen MR) is 72.5 cm³/mol. The summed E-state index contributed by atoms with van der Waals surface area (Å²) in [6.07, 6.45) is 0.811. The first kappa shape index (κ1) is 16.2. The summed E-state index contributed by atoms with van der Waals surface area (Å²) < 4.78 is 5.33. The van der Waals surface area contributed by atoms with Gasteiger partial charge in [-0.25, -0.2) is 4.79 Å². The molecule has 0 aromatic heterocycles. The van der Waals surface area contributed by atoms with Gasteiger partial charge in [0.05, 0.1) is 0 Å². The number of aliphatic hydroxyl groups is 2. The molecule has 1 fully saturated rings. The van der Waals surface area contributed by atoms with Crippen molar-refractivity contribution in [1.82, 2.24) is 4.90 Å². The Labute approximate surface area is 115 Å². The average molecular weight is 273 g/mol. The third-order valence-electron chi connectivity index (χ3n) is 3.65. The fourth-order valence-electron chi connectivity index (χ4n) is 2.62. The summed E-state index contributed by atoms with van der Waals surface area (Å²) in [5.41, 5.74) is -0.471. The van der Waals surface area contributed by atoms with E-state index in [0.29, 0.717) is 13.1 Å². The number of carbonyl (C=O) groups is 1. The SMILES string of the molecule is CCC(C(O)O)C1CCN(C(=O)OC(C)(C)C)CC1. The molecule has 0 aliphatic carbocycles. The lowest BCUT2D eigenvalue weighted by Gasteiger charge is -2.37. The van der Waals surface area contributed by atoms with Gasteiger partial charge in [-0.05, 0) is 46.0 Å². The molecule has 19 heavy (non-hydrogen) atoms. The van der Waals surface area contributed by atoms with Crippen molar-refractivity contribution in [3.05, 3.63) is 0 Å². The van der Waals surface area contributed by atoms with Gasteiger partial charge < -0.3 is 19.8 Å². The number of rotatable bonds is 3. The van der Waals surface area contributed by atoms with Crippen LogP contribution in [-0.2, 0) is 4.74 Å². The van der Waals surface area contributed by atoms with E-state index in [1.807, 2.05) is 27.7 Å². The molecule has 1 heterocycles. The van der Waals surface area contributed by atoms with E-state index in [2.05, 4.69) is 0 Å². The first-order valence-electron chi connectivity index (χ1n) is 7.08. The van der Waals surface area contributed by atoms with Crippen molar-refractivity contribution in [2.24, 2.45) is 11.8 Å². The highest BCUT2D eigenvalue weighted by atomic mass is 16.6. The zero-order valence-electron chi connectivity index (χ0n) is 12.4. The number of likely N-dealkylation sites (tertiary alicyclic amines) is 1. The molecule has 0 saturated carbocycles. The number of aliphatic hydroxyl groups excluding tert-OH is 1. The molecule has 0 radical (unpaired) electrons. The molecule has 112 valence electrons. The second-order valence-electron chi connectivity index (χ2n) is 6.29. The molecule has 1 unspecified atom stereocenters. The van der Waals surface area contributed by atoms with E-state index >= 15 is 0 Å². The van der Waals surface area contributed by atoms with E-state index in [-0.39, 0.29) is 17.9 Å². The van der Waals surface area contributed by atoms with Crippen LogP contribution in [0.4, 0.5) is 4.79 Å². The Kier molecular flexibility index (Phi) is 5.62. The van der Waals surface area contributed by atoms with Crippen molar-refractivity contribution in [2.75, 3.05) is 13.1 Å². The van der Waals surface area contributed by atoms with Crippen molar-refractivity contribution in [1.29, 1.82) is 0 Å². The van der Waals surface area contributed by atoms with Crippen molar-refractivity contribution in [2.45, 2.75) is 58.8 Å². The van der Waals surface area contributed by atoms with E-state index in [9.17, 15) is 15.0 Å². The first-order chi connectivity index (χ1) is 8.74. The predicted octanol–water partition coefficient (Wildman–Crippen LogP) is 1.97. The van der Waals surface area contributed by atoms with E-state index in [1.54, 1.807) is 4.90 Å². The summed E-state index contributed by atoms with van der Waals surface area (Å²) >= 11 is 0. The van der Waals surface area contributed by atoms with Gasteiger partial charge in [-0.2, -0.15) is 0 Å². The molecule has 1 saturated heterocycles. The topological polar surface area (TPSA) is 70.0 Å². The van der Waals surface area contributed by atoms with Gasteiger partial charge in [0.25, 0.3) is 0 Å². The van der Waals surface area contributed by atoms with E-state index in [0.717, 1.165) is 19.3 Å². The van der Waals surface area contributed by atoms with Gasteiger partial charge in [0.15, 0.2) is 6.29 Å². The number of amides is 1. The van der Waals surface area contributed by atoms with Crippen LogP contribution in [0, 0.1) is 11.8 Å². The Hall–Kier alpha value is -0.810. The molecule has 1 aliphatic rings. The summed E-state index contributed by atoms with van der Waals surface area (Å²) in [5, 5.41) is 18.7. The molecule has 1 amide bonds. The molecule has 0 aromatic carbocycles. The van der Waals surface area contributed by atoms with Crippen LogP contribution in [0.25, 0.3) is 0 Å². The first-order valence-corrected chi connectivity index (χ1v) is 7.08.